The van der Waals surface area contributed by atoms with Gasteiger partial charge in [0, 0.05) is 6.21 Å². The summed E-state index contributed by atoms with van der Waals surface area (Å²) in [7, 11) is 0. The normalized spacial score (nSPS) is 14.2. The van der Waals surface area contributed by atoms with Gasteiger partial charge in [-0.3, -0.25) is 4.79 Å². The van der Waals surface area contributed by atoms with Crippen LogP contribution in [-0.4, -0.2) is 24.0 Å². The number of nitrogens with zero attached hydrogens (tertiary/aromatic N) is 1. The molecule has 1 aliphatic rings. The van der Waals surface area contributed by atoms with Gasteiger partial charge in [0.2, 0.25) is 6.79 Å². The Morgan fingerprint density at radius 3 is 2.79 bits per heavy atom. The molecule has 3 rings (SSSR count). The number of rotatable bonds is 5. The van der Waals surface area contributed by atoms with Crippen molar-refractivity contribution in [2.75, 3.05) is 6.79 Å². The summed E-state index contributed by atoms with van der Waals surface area (Å²) in [6.07, 6.45) is 3.67. The maximum atomic E-state index is 11.8. The number of hydrogen-bond acceptors (Lipinski definition) is 5. The van der Waals surface area contributed by atoms with Crippen LogP contribution < -0.4 is 14.9 Å². The second kappa shape index (κ2) is 7.43. The van der Waals surface area contributed by atoms with Gasteiger partial charge in [0.1, 0.15) is 0 Å². The number of carbonyl (C=O) groups excluding carboxylic acids is 1. The van der Waals surface area contributed by atoms with Gasteiger partial charge in [0.05, 0.1) is 0 Å². The predicted molar refractivity (Wildman–Crippen MR) is 89.6 cm³/mol. The summed E-state index contributed by atoms with van der Waals surface area (Å²) in [4.78, 5) is 11.8. The summed E-state index contributed by atoms with van der Waals surface area (Å²) in [5.74, 6) is 0.838. The number of allylic oxidation sites excluding steroid dienone is 1. The number of fused-ring (bicyclic) bond motifs is 1. The topological polar surface area (TPSA) is 80.2 Å². The fourth-order valence-electron chi connectivity index (χ4n) is 2.16. The summed E-state index contributed by atoms with van der Waals surface area (Å²) >= 11 is 0. The number of nitrogens with one attached hydrogen (secondary N) is 1. The molecule has 122 valence electrons. The minimum atomic E-state index is -1.25. The number of aliphatic hydroxyl groups is 1. The third kappa shape index (κ3) is 3.80. The van der Waals surface area contributed by atoms with Gasteiger partial charge in [-0.2, -0.15) is 5.10 Å². The average Bonchev–Trinajstić information content (AvgIpc) is 3.09. The van der Waals surface area contributed by atoms with Crippen molar-refractivity contribution in [3.8, 4) is 11.5 Å². The number of benzene rings is 2. The van der Waals surface area contributed by atoms with Crippen LogP contribution in [0.2, 0.25) is 0 Å². The molecular weight excluding hydrogens is 308 g/mol. The molecule has 2 N–H and O–H groups in total. The third-order valence-corrected chi connectivity index (χ3v) is 3.38. The van der Waals surface area contributed by atoms with Gasteiger partial charge in [0.25, 0.3) is 5.91 Å². The average molecular weight is 324 g/mol. The van der Waals surface area contributed by atoms with Gasteiger partial charge < -0.3 is 14.6 Å². The molecule has 0 spiro atoms. The number of carbonyl (C=O) groups is 1. The molecule has 1 unspecified atom stereocenters. The SMILES string of the molecule is O=C(NN=C/C=C/c1ccc2c(c1)OCO2)C(O)c1ccccc1. The van der Waals surface area contributed by atoms with Crippen LogP contribution in [-0.2, 0) is 4.79 Å². The molecular formula is C18H16N2O4. The highest BCUT2D eigenvalue weighted by molar-refractivity contribution is 5.84. The van der Waals surface area contributed by atoms with Crippen molar-refractivity contribution in [2.24, 2.45) is 5.10 Å². The Bertz CT molecular complexity index is 772. The van der Waals surface area contributed by atoms with Crippen LogP contribution in [0, 0.1) is 0 Å². The molecule has 0 aromatic heterocycles. The monoisotopic (exact) mass is 324 g/mol. The molecule has 1 atom stereocenters. The van der Waals surface area contributed by atoms with Gasteiger partial charge in [-0.25, -0.2) is 5.43 Å². The van der Waals surface area contributed by atoms with Crippen molar-refractivity contribution >= 4 is 18.2 Å². The molecule has 0 saturated heterocycles. The zero-order chi connectivity index (χ0) is 16.8. The minimum Gasteiger partial charge on any atom is -0.454 e. The number of ether oxygens (including phenoxy) is 2. The first-order valence-corrected chi connectivity index (χ1v) is 7.36. The van der Waals surface area contributed by atoms with E-state index in [2.05, 4.69) is 10.5 Å². The van der Waals surface area contributed by atoms with Gasteiger partial charge in [-0.1, -0.05) is 42.5 Å². The zero-order valence-corrected chi connectivity index (χ0v) is 12.8. The van der Waals surface area contributed by atoms with Crippen LogP contribution in [0.4, 0.5) is 0 Å². The van der Waals surface area contributed by atoms with E-state index in [-0.39, 0.29) is 6.79 Å². The number of hydrazone groups is 1. The van der Waals surface area contributed by atoms with Crippen LogP contribution in [0.15, 0.2) is 59.7 Å². The summed E-state index contributed by atoms with van der Waals surface area (Å²) in [5.41, 5.74) is 3.73. The summed E-state index contributed by atoms with van der Waals surface area (Å²) in [6, 6.07) is 14.2. The van der Waals surface area contributed by atoms with Gasteiger partial charge in [0.15, 0.2) is 17.6 Å². The van der Waals surface area contributed by atoms with E-state index in [0.29, 0.717) is 11.3 Å². The van der Waals surface area contributed by atoms with Crippen molar-refractivity contribution in [3.05, 3.63) is 65.7 Å². The highest BCUT2D eigenvalue weighted by Gasteiger charge is 2.15. The lowest BCUT2D eigenvalue weighted by Gasteiger charge is -2.08. The molecule has 2 aromatic carbocycles. The summed E-state index contributed by atoms with van der Waals surface area (Å²) < 4.78 is 10.5. The van der Waals surface area contributed by atoms with Gasteiger partial charge in [-0.05, 0) is 29.3 Å². The lowest BCUT2D eigenvalue weighted by atomic mass is 10.1. The van der Waals surface area contributed by atoms with E-state index in [9.17, 15) is 9.90 Å². The molecule has 0 aliphatic carbocycles. The van der Waals surface area contributed by atoms with Crippen LogP contribution >= 0.6 is 0 Å². The van der Waals surface area contributed by atoms with Gasteiger partial charge >= 0.3 is 0 Å². The minimum absolute atomic E-state index is 0.236. The largest absolute Gasteiger partial charge is 0.454 e. The van der Waals surface area contributed by atoms with E-state index in [0.717, 1.165) is 11.3 Å². The second-order valence-corrected chi connectivity index (χ2v) is 5.04. The first-order chi connectivity index (χ1) is 11.7. The van der Waals surface area contributed by atoms with Crippen LogP contribution in [0.5, 0.6) is 11.5 Å². The fraction of sp³-hybridized carbons (Fsp3) is 0.111. The molecule has 24 heavy (non-hydrogen) atoms. The Hall–Kier alpha value is -3.12. The van der Waals surface area contributed by atoms with Crippen molar-refractivity contribution < 1.29 is 19.4 Å². The molecule has 1 aliphatic heterocycles. The molecule has 0 fully saturated rings. The number of amides is 1. The van der Waals surface area contributed by atoms with Crippen LogP contribution in [0.1, 0.15) is 17.2 Å². The van der Waals surface area contributed by atoms with E-state index in [1.54, 1.807) is 30.3 Å². The number of hydrogen-bond donors (Lipinski definition) is 2. The maximum absolute atomic E-state index is 11.8. The molecule has 0 radical (unpaired) electrons. The molecule has 1 heterocycles. The predicted octanol–water partition coefficient (Wildman–Crippen LogP) is 2.26. The Morgan fingerprint density at radius 2 is 1.96 bits per heavy atom. The third-order valence-electron chi connectivity index (χ3n) is 3.38. The molecule has 2 aromatic rings. The first-order valence-electron chi connectivity index (χ1n) is 7.36. The molecule has 1 amide bonds. The maximum Gasteiger partial charge on any atom is 0.273 e. The van der Waals surface area contributed by atoms with E-state index >= 15 is 0 Å². The van der Waals surface area contributed by atoms with Crippen molar-refractivity contribution in [1.29, 1.82) is 0 Å². The fourth-order valence-corrected chi connectivity index (χ4v) is 2.16. The molecule has 6 heteroatoms. The number of aliphatic hydroxyl groups excluding tert-OH is 1. The zero-order valence-electron chi connectivity index (χ0n) is 12.8. The van der Waals surface area contributed by atoms with E-state index in [1.165, 1.54) is 6.21 Å². The van der Waals surface area contributed by atoms with E-state index < -0.39 is 12.0 Å². The Kier molecular flexibility index (Phi) is 4.88. The second-order valence-electron chi connectivity index (χ2n) is 5.04. The van der Waals surface area contributed by atoms with Crippen molar-refractivity contribution in [3.63, 3.8) is 0 Å². The Morgan fingerprint density at radius 1 is 1.17 bits per heavy atom. The lowest BCUT2D eigenvalue weighted by Crippen LogP contribution is -2.24. The quantitative estimate of drug-likeness (QED) is 0.653. The van der Waals surface area contributed by atoms with Crippen molar-refractivity contribution in [2.45, 2.75) is 6.10 Å². The molecule has 6 nitrogen and oxygen atoms in total. The van der Waals surface area contributed by atoms with Gasteiger partial charge in [-0.15, -0.1) is 0 Å². The molecule has 0 saturated carbocycles. The highest BCUT2D eigenvalue weighted by atomic mass is 16.7. The summed E-state index contributed by atoms with van der Waals surface area (Å²) in [5, 5.41) is 13.7. The molecule has 0 bridgehead atoms. The highest BCUT2D eigenvalue weighted by Crippen LogP contribution is 2.32. The lowest BCUT2D eigenvalue weighted by molar-refractivity contribution is -0.129. The summed E-state index contributed by atoms with van der Waals surface area (Å²) in [6.45, 7) is 0.236. The van der Waals surface area contributed by atoms with Crippen LogP contribution in [0.3, 0.4) is 0 Å². The smallest absolute Gasteiger partial charge is 0.273 e. The Balaban J connectivity index is 1.52. The van der Waals surface area contributed by atoms with Crippen LogP contribution in [0.25, 0.3) is 6.08 Å². The van der Waals surface area contributed by atoms with Crippen molar-refractivity contribution in [1.82, 2.24) is 5.43 Å². The first kappa shape index (κ1) is 15.8. The van der Waals surface area contributed by atoms with E-state index in [4.69, 9.17) is 9.47 Å². The standard InChI is InChI=1S/C18H16N2O4/c21-17(14-6-2-1-3-7-14)18(22)20-19-10-4-5-13-8-9-15-16(11-13)24-12-23-15/h1-11,17,21H,12H2,(H,20,22)/b5-4+,19-10?. The Labute approximate surface area is 139 Å². The van der Waals surface area contributed by atoms with E-state index in [1.807, 2.05) is 30.3 Å².